The number of hydrogen-bond acceptors (Lipinski definition) is 5. The Morgan fingerprint density at radius 1 is 1.48 bits per heavy atom. The Kier molecular flexibility index (Phi) is 3.41. The molecule has 6 nitrogen and oxygen atoms in total. The summed E-state index contributed by atoms with van der Waals surface area (Å²) in [5.41, 5.74) is 6.89. The van der Waals surface area contributed by atoms with Gasteiger partial charge in [0, 0.05) is 24.1 Å². The fourth-order valence-corrected chi connectivity index (χ4v) is 2.69. The van der Waals surface area contributed by atoms with E-state index < -0.39 is 6.09 Å². The Morgan fingerprint density at radius 3 is 3.00 bits per heavy atom. The molecule has 0 radical (unpaired) electrons. The van der Waals surface area contributed by atoms with Crippen molar-refractivity contribution in [1.29, 1.82) is 0 Å². The fourth-order valence-electron chi connectivity index (χ4n) is 2.69. The molecule has 0 saturated carbocycles. The zero-order chi connectivity index (χ0) is 15.0. The van der Waals surface area contributed by atoms with E-state index in [4.69, 9.17) is 19.9 Å². The summed E-state index contributed by atoms with van der Waals surface area (Å²) in [6.45, 7) is 4.82. The highest BCUT2D eigenvalue weighted by molar-refractivity contribution is 5.69. The lowest BCUT2D eigenvalue weighted by Gasteiger charge is -2.36. The van der Waals surface area contributed by atoms with Gasteiger partial charge in [-0.1, -0.05) is 6.07 Å². The van der Waals surface area contributed by atoms with Crippen LogP contribution in [0.15, 0.2) is 18.2 Å². The van der Waals surface area contributed by atoms with E-state index in [2.05, 4.69) is 5.32 Å². The Bertz CT molecular complexity index is 559. The van der Waals surface area contributed by atoms with Crippen LogP contribution >= 0.6 is 0 Å². The molecule has 0 spiro atoms. The molecule has 1 aromatic rings. The highest BCUT2D eigenvalue weighted by Crippen LogP contribution is 2.39. The number of carbonyl (C=O) groups excluding carboxylic acids is 1. The van der Waals surface area contributed by atoms with Crippen LogP contribution in [0.1, 0.15) is 31.9 Å². The zero-order valence-corrected chi connectivity index (χ0v) is 12.2. The molecule has 3 rings (SSSR count). The van der Waals surface area contributed by atoms with Gasteiger partial charge in [0.25, 0.3) is 0 Å². The van der Waals surface area contributed by atoms with E-state index >= 15 is 0 Å². The third-order valence-electron chi connectivity index (χ3n) is 3.67. The summed E-state index contributed by atoms with van der Waals surface area (Å²) in [6.07, 6.45) is 0.127. The molecule has 3 N–H and O–H groups in total. The molecule has 2 aliphatic heterocycles. The number of nitrogens with one attached hydrogen (secondary N) is 1. The molecule has 1 saturated heterocycles. The second kappa shape index (κ2) is 5.11. The first-order valence-corrected chi connectivity index (χ1v) is 7.09. The van der Waals surface area contributed by atoms with E-state index in [-0.39, 0.29) is 17.7 Å². The molecular formula is C15H20N2O4. The predicted octanol–water partition coefficient (Wildman–Crippen LogP) is 1.73. The largest absolute Gasteiger partial charge is 0.490 e. The lowest BCUT2D eigenvalue weighted by Crippen LogP contribution is -2.37. The number of alkyl carbamates (subject to hydrolysis) is 1. The van der Waals surface area contributed by atoms with Gasteiger partial charge >= 0.3 is 6.09 Å². The number of ether oxygens (including phenoxy) is 3. The molecule has 2 atom stereocenters. The van der Waals surface area contributed by atoms with Gasteiger partial charge in [0.05, 0.1) is 6.54 Å². The van der Waals surface area contributed by atoms with Crippen LogP contribution in [0, 0.1) is 0 Å². The Labute approximate surface area is 123 Å². The van der Waals surface area contributed by atoms with Crippen molar-refractivity contribution in [3.05, 3.63) is 23.8 Å². The van der Waals surface area contributed by atoms with Gasteiger partial charge in [-0.15, -0.1) is 0 Å². The predicted molar refractivity (Wildman–Crippen MR) is 76.5 cm³/mol. The second-order valence-electron chi connectivity index (χ2n) is 6.09. The first-order chi connectivity index (χ1) is 9.93. The molecule has 1 amide bonds. The van der Waals surface area contributed by atoms with Crippen LogP contribution in [0.25, 0.3) is 0 Å². The van der Waals surface area contributed by atoms with Crippen LogP contribution in [0.2, 0.25) is 0 Å². The zero-order valence-electron chi connectivity index (χ0n) is 12.2. The molecule has 1 fully saturated rings. The van der Waals surface area contributed by atoms with Crippen molar-refractivity contribution in [3.63, 3.8) is 0 Å². The van der Waals surface area contributed by atoms with Gasteiger partial charge in [-0.05, 0) is 19.9 Å². The number of fused-ring (bicyclic) bond motifs is 1. The van der Waals surface area contributed by atoms with Crippen molar-refractivity contribution in [2.75, 3.05) is 13.2 Å². The molecule has 0 aromatic heterocycles. The lowest BCUT2D eigenvalue weighted by molar-refractivity contribution is 0.0717. The smallest absolute Gasteiger partial charge is 0.407 e. The highest BCUT2D eigenvalue weighted by atomic mass is 16.6. The summed E-state index contributed by atoms with van der Waals surface area (Å²) in [7, 11) is 0. The minimum Gasteiger partial charge on any atom is -0.490 e. The van der Waals surface area contributed by atoms with Gasteiger partial charge < -0.3 is 25.3 Å². The van der Waals surface area contributed by atoms with Crippen molar-refractivity contribution in [3.8, 4) is 11.5 Å². The lowest BCUT2D eigenvalue weighted by atomic mass is 9.90. The van der Waals surface area contributed by atoms with E-state index in [9.17, 15) is 4.79 Å². The minimum absolute atomic E-state index is 0.0298. The average molecular weight is 292 g/mol. The van der Waals surface area contributed by atoms with E-state index in [0.29, 0.717) is 18.9 Å². The maximum Gasteiger partial charge on any atom is 0.407 e. The molecule has 0 aliphatic carbocycles. The third-order valence-corrected chi connectivity index (χ3v) is 3.67. The van der Waals surface area contributed by atoms with Crippen molar-refractivity contribution < 1.29 is 19.0 Å². The number of cyclic esters (lactones) is 1. The summed E-state index contributed by atoms with van der Waals surface area (Å²) in [5.74, 6) is 1.44. The molecule has 2 unspecified atom stereocenters. The number of rotatable bonds is 3. The number of nitrogens with two attached hydrogens (primary N) is 1. The van der Waals surface area contributed by atoms with Gasteiger partial charge in [-0.3, -0.25) is 0 Å². The summed E-state index contributed by atoms with van der Waals surface area (Å²) in [5, 5.41) is 2.59. The number of hydrogen-bond donors (Lipinski definition) is 2. The van der Waals surface area contributed by atoms with Crippen LogP contribution < -0.4 is 20.5 Å². The second-order valence-corrected chi connectivity index (χ2v) is 6.09. The first-order valence-electron chi connectivity index (χ1n) is 7.09. The molecule has 0 bridgehead atoms. The Hall–Kier alpha value is -1.95. The number of benzene rings is 1. The standard InChI is InChI=1S/C15H20N2O4/c1-15(2)6-12(16)11-4-3-9(5-13(11)21-15)19-8-10-7-17-14(18)20-10/h3-5,10,12H,6-8,16H2,1-2H3,(H,17,18). The molecule has 6 heteroatoms. The maximum absolute atomic E-state index is 10.9. The van der Waals surface area contributed by atoms with E-state index in [1.807, 2.05) is 32.0 Å². The maximum atomic E-state index is 10.9. The molecule has 21 heavy (non-hydrogen) atoms. The summed E-state index contributed by atoms with van der Waals surface area (Å²) < 4.78 is 16.7. The molecule has 2 aliphatic rings. The molecular weight excluding hydrogens is 272 g/mol. The van der Waals surface area contributed by atoms with Gasteiger partial charge in [0.2, 0.25) is 0 Å². The highest BCUT2D eigenvalue weighted by Gasteiger charge is 2.32. The van der Waals surface area contributed by atoms with E-state index in [1.54, 1.807) is 0 Å². The van der Waals surface area contributed by atoms with Crippen LogP contribution in [0.3, 0.4) is 0 Å². The SMILES string of the molecule is CC1(C)CC(N)c2ccc(OCC3CNC(=O)O3)cc2O1. The Balaban J connectivity index is 1.69. The average Bonchev–Trinajstić information content (AvgIpc) is 2.80. The monoisotopic (exact) mass is 292 g/mol. The molecule has 2 heterocycles. The summed E-state index contributed by atoms with van der Waals surface area (Å²) >= 11 is 0. The fraction of sp³-hybridized carbons (Fsp3) is 0.533. The summed E-state index contributed by atoms with van der Waals surface area (Å²) in [4.78, 5) is 10.9. The van der Waals surface area contributed by atoms with Crippen molar-refractivity contribution in [1.82, 2.24) is 5.32 Å². The quantitative estimate of drug-likeness (QED) is 0.886. The van der Waals surface area contributed by atoms with Gasteiger partial charge in [-0.2, -0.15) is 0 Å². The van der Waals surface area contributed by atoms with Crippen molar-refractivity contribution >= 4 is 6.09 Å². The van der Waals surface area contributed by atoms with Crippen LogP contribution in [0.4, 0.5) is 4.79 Å². The van der Waals surface area contributed by atoms with Crippen molar-refractivity contribution in [2.45, 2.75) is 38.0 Å². The normalized spacial score (nSPS) is 26.3. The van der Waals surface area contributed by atoms with Crippen LogP contribution in [-0.2, 0) is 4.74 Å². The van der Waals surface area contributed by atoms with Crippen LogP contribution in [0.5, 0.6) is 11.5 Å². The van der Waals surface area contributed by atoms with Gasteiger partial charge in [0.15, 0.2) is 6.10 Å². The third kappa shape index (κ3) is 3.05. The van der Waals surface area contributed by atoms with Gasteiger partial charge in [0.1, 0.15) is 23.7 Å². The van der Waals surface area contributed by atoms with Crippen molar-refractivity contribution in [2.24, 2.45) is 5.73 Å². The first kappa shape index (κ1) is 14.0. The molecule has 1 aromatic carbocycles. The van der Waals surface area contributed by atoms with Gasteiger partial charge in [-0.25, -0.2) is 4.79 Å². The number of carbonyl (C=O) groups is 1. The van der Waals surface area contributed by atoms with E-state index in [1.165, 1.54) is 0 Å². The number of amides is 1. The summed E-state index contributed by atoms with van der Waals surface area (Å²) in [6, 6.07) is 5.62. The van der Waals surface area contributed by atoms with Crippen LogP contribution in [-0.4, -0.2) is 30.9 Å². The minimum atomic E-state index is -0.398. The van der Waals surface area contributed by atoms with E-state index in [0.717, 1.165) is 17.7 Å². The molecule has 114 valence electrons. The topological polar surface area (TPSA) is 82.8 Å². The Morgan fingerprint density at radius 2 is 2.29 bits per heavy atom.